The Bertz CT molecular complexity index is 1080. The zero-order valence-electron chi connectivity index (χ0n) is 15.5. The summed E-state index contributed by atoms with van der Waals surface area (Å²) in [4.78, 5) is 0. The third-order valence-electron chi connectivity index (χ3n) is 4.55. The zero-order chi connectivity index (χ0) is 19.0. The van der Waals surface area contributed by atoms with E-state index in [2.05, 4.69) is 0 Å². The van der Waals surface area contributed by atoms with E-state index in [0.29, 0.717) is 10.7 Å². The molecule has 2 nitrogen and oxygen atoms in total. The molecule has 0 aliphatic rings. The van der Waals surface area contributed by atoms with E-state index in [4.69, 9.17) is 16.7 Å². The van der Waals surface area contributed by atoms with Gasteiger partial charge in [-0.25, -0.2) is 9.07 Å². The molecule has 28 heavy (non-hydrogen) atoms. The normalized spacial score (nSPS) is 10.6. The van der Waals surface area contributed by atoms with Gasteiger partial charge in [-0.05, 0) is 38.1 Å². The second kappa shape index (κ2) is 8.17. The number of halogens is 3. The average Bonchev–Trinajstić information content (AvgIpc) is 3.01. The van der Waals surface area contributed by atoms with Crippen LogP contribution < -0.4 is 0 Å². The van der Waals surface area contributed by atoms with Crippen molar-refractivity contribution >= 4 is 24.0 Å². The Balaban J connectivity index is 0.00000225. The smallest absolute Gasteiger partial charge is 0.123 e. The number of aromatic nitrogens is 2. The summed E-state index contributed by atoms with van der Waals surface area (Å²) in [5, 5.41) is 5.35. The number of nitrogens with zero attached hydrogens (tertiary/aromatic N) is 2. The highest BCUT2D eigenvalue weighted by Crippen LogP contribution is 2.38. The molecule has 0 saturated carbocycles. The first-order valence-corrected chi connectivity index (χ1v) is 9.09. The average molecular weight is 413 g/mol. The fourth-order valence-corrected chi connectivity index (χ4v) is 3.36. The van der Waals surface area contributed by atoms with Crippen molar-refractivity contribution in [3.05, 3.63) is 94.8 Å². The molecule has 0 N–H and O–H groups in total. The standard InChI is InChI=1S/C23H18ClFN2.ClH/c1-15-3-7-17(8-4-15)22-21(24)23(18-9-5-16(2)6-10-18)27(26-22)20-13-11-19(25)12-14-20;/h3-14H,1-2H3;1H. The van der Waals surface area contributed by atoms with Crippen LogP contribution in [0.25, 0.3) is 28.2 Å². The fourth-order valence-electron chi connectivity index (χ4n) is 3.02. The van der Waals surface area contributed by atoms with Gasteiger partial charge < -0.3 is 0 Å². The zero-order valence-corrected chi connectivity index (χ0v) is 17.1. The molecule has 4 rings (SSSR count). The van der Waals surface area contributed by atoms with Crippen molar-refractivity contribution in [2.24, 2.45) is 0 Å². The van der Waals surface area contributed by atoms with Gasteiger partial charge in [-0.1, -0.05) is 71.3 Å². The van der Waals surface area contributed by atoms with Crippen LogP contribution in [0.2, 0.25) is 5.02 Å². The van der Waals surface area contributed by atoms with E-state index in [9.17, 15) is 4.39 Å². The number of benzene rings is 3. The maximum Gasteiger partial charge on any atom is 0.123 e. The first-order chi connectivity index (χ1) is 13.0. The quantitative estimate of drug-likeness (QED) is 0.352. The van der Waals surface area contributed by atoms with Crippen molar-refractivity contribution in [2.45, 2.75) is 13.8 Å². The third-order valence-corrected chi connectivity index (χ3v) is 4.91. The largest absolute Gasteiger partial charge is 0.231 e. The van der Waals surface area contributed by atoms with E-state index >= 15 is 0 Å². The predicted octanol–water partition coefficient (Wildman–Crippen LogP) is 7.04. The van der Waals surface area contributed by atoms with Crippen molar-refractivity contribution in [1.82, 2.24) is 9.78 Å². The molecule has 0 aliphatic carbocycles. The lowest BCUT2D eigenvalue weighted by Crippen LogP contribution is -1.99. The minimum atomic E-state index is -0.285. The van der Waals surface area contributed by atoms with Gasteiger partial charge in [0.2, 0.25) is 0 Å². The number of aryl methyl sites for hydroxylation is 2. The lowest BCUT2D eigenvalue weighted by Gasteiger charge is -2.08. The van der Waals surface area contributed by atoms with Crippen molar-refractivity contribution < 1.29 is 4.39 Å². The van der Waals surface area contributed by atoms with Crippen LogP contribution in [0.5, 0.6) is 0 Å². The molecule has 5 heteroatoms. The first kappa shape index (κ1) is 20.1. The third kappa shape index (κ3) is 3.82. The molecule has 0 atom stereocenters. The van der Waals surface area contributed by atoms with Gasteiger partial charge in [0.15, 0.2) is 0 Å². The summed E-state index contributed by atoms with van der Waals surface area (Å²) in [6.45, 7) is 4.08. The van der Waals surface area contributed by atoms with E-state index in [1.165, 1.54) is 23.3 Å². The summed E-state index contributed by atoms with van der Waals surface area (Å²) in [7, 11) is 0. The van der Waals surface area contributed by atoms with Crippen LogP contribution in [0.4, 0.5) is 4.39 Å². The van der Waals surface area contributed by atoms with Gasteiger partial charge in [0.1, 0.15) is 11.5 Å². The summed E-state index contributed by atoms with van der Waals surface area (Å²) in [5.74, 6) is -0.285. The lowest BCUT2D eigenvalue weighted by molar-refractivity contribution is 0.627. The maximum absolute atomic E-state index is 13.4. The van der Waals surface area contributed by atoms with Crippen LogP contribution in [-0.2, 0) is 0 Å². The topological polar surface area (TPSA) is 17.8 Å². The van der Waals surface area contributed by atoms with Crippen LogP contribution in [0.3, 0.4) is 0 Å². The summed E-state index contributed by atoms with van der Waals surface area (Å²) in [6, 6.07) is 22.5. The molecular weight excluding hydrogens is 394 g/mol. The fraction of sp³-hybridized carbons (Fsp3) is 0.0870. The minimum Gasteiger partial charge on any atom is -0.231 e. The minimum absolute atomic E-state index is 0. The second-order valence-electron chi connectivity index (χ2n) is 6.63. The van der Waals surface area contributed by atoms with Gasteiger partial charge in [-0.15, -0.1) is 12.4 Å². The summed E-state index contributed by atoms with van der Waals surface area (Å²) >= 11 is 6.80. The number of hydrogen-bond acceptors (Lipinski definition) is 1. The van der Waals surface area contributed by atoms with E-state index in [-0.39, 0.29) is 18.2 Å². The predicted molar refractivity (Wildman–Crippen MR) is 116 cm³/mol. The SMILES string of the molecule is Cc1ccc(-c2nn(-c3ccc(F)cc3)c(-c3ccc(C)cc3)c2Cl)cc1.Cl. The molecule has 0 aliphatic heterocycles. The van der Waals surface area contributed by atoms with Crippen molar-refractivity contribution in [3.8, 4) is 28.2 Å². The summed E-state index contributed by atoms with van der Waals surface area (Å²) in [6.07, 6.45) is 0. The molecule has 0 amide bonds. The first-order valence-electron chi connectivity index (χ1n) is 8.71. The summed E-state index contributed by atoms with van der Waals surface area (Å²) in [5.41, 5.74) is 6.50. The Hall–Kier alpha value is -2.62. The van der Waals surface area contributed by atoms with E-state index < -0.39 is 0 Å². The van der Waals surface area contributed by atoms with Gasteiger partial charge in [-0.2, -0.15) is 5.10 Å². The van der Waals surface area contributed by atoms with Gasteiger partial charge in [0.05, 0.1) is 16.4 Å². The van der Waals surface area contributed by atoms with Crippen LogP contribution in [0.15, 0.2) is 72.8 Å². The van der Waals surface area contributed by atoms with Gasteiger partial charge in [-0.3, -0.25) is 0 Å². The Morgan fingerprint density at radius 3 is 1.79 bits per heavy atom. The molecule has 1 heterocycles. The van der Waals surface area contributed by atoms with Crippen LogP contribution in [0, 0.1) is 19.7 Å². The Morgan fingerprint density at radius 1 is 0.750 bits per heavy atom. The van der Waals surface area contributed by atoms with Crippen LogP contribution in [-0.4, -0.2) is 9.78 Å². The highest BCUT2D eigenvalue weighted by atomic mass is 35.5. The van der Waals surface area contributed by atoms with Crippen molar-refractivity contribution in [2.75, 3.05) is 0 Å². The van der Waals surface area contributed by atoms with Crippen molar-refractivity contribution in [3.63, 3.8) is 0 Å². The highest BCUT2D eigenvalue weighted by molar-refractivity contribution is 6.35. The molecule has 1 aromatic heterocycles. The van der Waals surface area contributed by atoms with Crippen LogP contribution >= 0.6 is 24.0 Å². The van der Waals surface area contributed by atoms with Crippen molar-refractivity contribution in [1.29, 1.82) is 0 Å². The Labute approximate surface area is 175 Å². The molecular formula is C23H19Cl2FN2. The molecule has 0 radical (unpaired) electrons. The van der Waals surface area contributed by atoms with Gasteiger partial charge in [0, 0.05) is 11.1 Å². The van der Waals surface area contributed by atoms with Gasteiger partial charge >= 0.3 is 0 Å². The molecule has 142 valence electrons. The van der Waals surface area contributed by atoms with E-state index in [1.54, 1.807) is 16.8 Å². The monoisotopic (exact) mass is 412 g/mol. The molecule has 0 saturated heterocycles. The van der Waals surface area contributed by atoms with Gasteiger partial charge in [0.25, 0.3) is 0 Å². The Kier molecular flexibility index (Phi) is 5.87. The molecule has 0 fully saturated rings. The second-order valence-corrected chi connectivity index (χ2v) is 7.01. The number of rotatable bonds is 3. The van der Waals surface area contributed by atoms with Crippen LogP contribution in [0.1, 0.15) is 11.1 Å². The molecule has 4 aromatic rings. The highest BCUT2D eigenvalue weighted by Gasteiger charge is 2.20. The summed E-state index contributed by atoms with van der Waals surface area (Å²) < 4.78 is 15.2. The molecule has 0 unspecified atom stereocenters. The maximum atomic E-state index is 13.4. The van der Waals surface area contributed by atoms with E-state index in [0.717, 1.165) is 22.5 Å². The van der Waals surface area contributed by atoms with E-state index in [1.807, 2.05) is 62.4 Å². The molecule has 0 spiro atoms. The molecule has 0 bridgehead atoms. The number of hydrogen-bond donors (Lipinski definition) is 0. The lowest BCUT2D eigenvalue weighted by atomic mass is 10.1. The Morgan fingerprint density at radius 2 is 1.25 bits per heavy atom. The molecule has 3 aromatic carbocycles.